The standard InChI is InChI=1S/C10H21NO3/c1-9(2)7-11-8-10(12)14-6-4-5-13-3/h9,11H,4-8H2,1-3H3. The zero-order valence-electron chi connectivity index (χ0n) is 9.34. The molecule has 0 amide bonds. The zero-order valence-corrected chi connectivity index (χ0v) is 9.34. The molecule has 0 rings (SSSR count). The Bertz CT molecular complexity index is 148. The van der Waals surface area contributed by atoms with E-state index in [-0.39, 0.29) is 5.97 Å². The van der Waals surface area contributed by atoms with Gasteiger partial charge in [-0.1, -0.05) is 13.8 Å². The first-order valence-corrected chi connectivity index (χ1v) is 5.02. The van der Waals surface area contributed by atoms with E-state index in [9.17, 15) is 4.79 Å². The molecule has 4 heteroatoms. The maximum Gasteiger partial charge on any atom is 0.319 e. The Balaban J connectivity index is 3.20. The van der Waals surface area contributed by atoms with Gasteiger partial charge in [-0.05, 0) is 12.5 Å². The number of carbonyl (C=O) groups excluding carboxylic acids is 1. The van der Waals surface area contributed by atoms with Crippen molar-refractivity contribution in [3.05, 3.63) is 0 Å². The van der Waals surface area contributed by atoms with E-state index in [2.05, 4.69) is 19.2 Å². The maximum atomic E-state index is 11.1. The van der Waals surface area contributed by atoms with Crippen molar-refractivity contribution >= 4 is 5.97 Å². The van der Waals surface area contributed by atoms with E-state index >= 15 is 0 Å². The molecule has 0 saturated heterocycles. The maximum absolute atomic E-state index is 11.1. The van der Waals surface area contributed by atoms with Crippen LogP contribution in [0.25, 0.3) is 0 Å². The van der Waals surface area contributed by atoms with Crippen LogP contribution in [0.4, 0.5) is 0 Å². The summed E-state index contributed by atoms with van der Waals surface area (Å²) in [6.45, 7) is 6.40. The lowest BCUT2D eigenvalue weighted by Crippen LogP contribution is -2.28. The summed E-state index contributed by atoms with van der Waals surface area (Å²) in [5, 5.41) is 3.02. The number of esters is 1. The Morgan fingerprint density at radius 2 is 2.07 bits per heavy atom. The van der Waals surface area contributed by atoms with Gasteiger partial charge in [0.15, 0.2) is 0 Å². The Morgan fingerprint density at radius 3 is 2.64 bits per heavy atom. The van der Waals surface area contributed by atoms with Crippen LogP contribution in [-0.4, -0.2) is 39.4 Å². The summed E-state index contributed by atoms with van der Waals surface area (Å²) in [6, 6.07) is 0. The van der Waals surface area contributed by atoms with Crippen molar-refractivity contribution < 1.29 is 14.3 Å². The highest BCUT2D eigenvalue weighted by molar-refractivity contribution is 5.71. The van der Waals surface area contributed by atoms with Gasteiger partial charge in [0.2, 0.25) is 0 Å². The molecule has 0 aromatic carbocycles. The first-order chi connectivity index (χ1) is 6.66. The summed E-state index contributed by atoms with van der Waals surface area (Å²) >= 11 is 0. The monoisotopic (exact) mass is 203 g/mol. The Morgan fingerprint density at radius 1 is 1.36 bits per heavy atom. The number of rotatable bonds is 8. The molecule has 0 aliphatic carbocycles. The average molecular weight is 203 g/mol. The van der Waals surface area contributed by atoms with Gasteiger partial charge >= 0.3 is 5.97 Å². The number of hydrogen-bond acceptors (Lipinski definition) is 4. The summed E-state index contributed by atoms with van der Waals surface area (Å²) in [5.74, 6) is 0.359. The molecular weight excluding hydrogens is 182 g/mol. The lowest BCUT2D eigenvalue weighted by Gasteiger charge is -2.07. The predicted octanol–water partition coefficient (Wildman–Crippen LogP) is 0.812. The van der Waals surface area contributed by atoms with E-state index in [0.717, 1.165) is 13.0 Å². The number of nitrogens with one attached hydrogen (secondary N) is 1. The van der Waals surface area contributed by atoms with Crippen molar-refractivity contribution in [3.63, 3.8) is 0 Å². The smallest absolute Gasteiger partial charge is 0.319 e. The largest absolute Gasteiger partial charge is 0.465 e. The topological polar surface area (TPSA) is 47.6 Å². The third-order valence-electron chi connectivity index (χ3n) is 1.58. The van der Waals surface area contributed by atoms with E-state index in [4.69, 9.17) is 9.47 Å². The fourth-order valence-corrected chi connectivity index (χ4v) is 0.903. The summed E-state index contributed by atoms with van der Waals surface area (Å²) in [6.07, 6.45) is 0.756. The van der Waals surface area contributed by atoms with E-state index in [1.807, 2.05) is 0 Å². The molecule has 0 fully saturated rings. The van der Waals surface area contributed by atoms with Crippen molar-refractivity contribution in [3.8, 4) is 0 Å². The predicted molar refractivity (Wildman–Crippen MR) is 55.2 cm³/mol. The second-order valence-electron chi connectivity index (χ2n) is 3.59. The molecule has 14 heavy (non-hydrogen) atoms. The van der Waals surface area contributed by atoms with Crippen LogP contribution in [0.5, 0.6) is 0 Å². The van der Waals surface area contributed by atoms with Crippen LogP contribution in [0.3, 0.4) is 0 Å². The highest BCUT2D eigenvalue weighted by Gasteiger charge is 2.01. The lowest BCUT2D eigenvalue weighted by molar-refractivity contribution is -0.142. The average Bonchev–Trinajstić information content (AvgIpc) is 2.12. The SMILES string of the molecule is COCCCOC(=O)CNCC(C)C. The van der Waals surface area contributed by atoms with Crippen LogP contribution < -0.4 is 5.32 Å². The van der Waals surface area contributed by atoms with Gasteiger partial charge in [0.25, 0.3) is 0 Å². The molecule has 0 aromatic rings. The molecule has 0 spiro atoms. The normalized spacial score (nSPS) is 10.6. The minimum atomic E-state index is -0.193. The first-order valence-electron chi connectivity index (χ1n) is 5.02. The molecule has 1 N–H and O–H groups in total. The molecule has 0 aliphatic rings. The third-order valence-corrected chi connectivity index (χ3v) is 1.58. The van der Waals surface area contributed by atoms with Crippen molar-refractivity contribution in [2.75, 3.05) is 33.4 Å². The fraction of sp³-hybridized carbons (Fsp3) is 0.900. The van der Waals surface area contributed by atoms with Gasteiger partial charge in [0, 0.05) is 20.1 Å². The molecule has 4 nitrogen and oxygen atoms in total. The molecule has 0 radical (unpaired) electrons. The van der Waals surface area contributed by atoms with Gasteiger partial charge in [-0.3, -0.25) is 4.79 Å². The molecule has 0 saturated carbocycles. The molecule has 0 unspecified atom stereocenters. The van der Waals surface area contributed by atoms with Gasteiger partial charge in [-0.25, -0.2) is 0 Å². The Kier molecular flexibility index (Phi) is 8.57. The van der Waals surface area contributed by atoms with Gasteiger partial charge in [-0.2, -0.15) is 0 Å². The van der Waals surface area contributed by atoms with Crippen LogP contribution in [0, 0.1) is 5.92 Å². The van der Waals surface area contributed by atoms with Crippen molar-refractivity contribution in [2.24, 2.45) is 5.92 Å². The quantitative estimate of drug-likeness (QED) is 0.468. The molecule has 84 valence electrons. The van der Waals surface area contributed by atoms with Gasteiger partial charge in [0.1, 0.15) is 0 Å². The highest BCUT2D eigenvalue weighted by atomic mass is 16.5. The zero-order chi connectivity index (χ0) is 10.8. The van der Waals surface area contributed by atoms with E-state index < -0.39 is 0 Å². The number of hydrogen-bond donors (Lipinski definition) is 1. The van der Waals surface area contributed by atoms with Crippen LogP contribution in [0.15, 0.2) is 0 Å². The van der Waals surface area contributed by atoms with Crippen molar-refractivity contribution in [1.82, 2.24) is 5.32 Å². The third kappa shape index (κ3) is 9.48. The Hall–Kier alpha value is -0.610. The summed E-state index contributed by atoms with van der Waals surface area (Å²) in [4.78, 5) is 11.1. The highest BCUT2D eigenvalue weighted by Crippen LogP contribution is 1.88. The van der Waals surface area contributed by atoms with Gasteiger partial charge in [-0.15, -0.1) is 0 Å². The molecule has 0 bridgehead atoms. The second kappa shape index (κ2) is 8.97. The summed E-state index contributed by atoms with van der Waals surface area (Å²) < 4.78 is 9.77. The van der Waals surface area contributed by atoms with Crippen molar-refractivity contribution in [1.29, 1.82) is 0 Å². The van der Waals surface area contributed by atoms with Crippen LogP contribution >= 0.6 is 0 Å². The number of ether oxygens (including phenoxy) is 2. The van der Waals surface area contributed by atoms with Gasteiger partial charge in [0.05, 0.1) is 13.2 Å². The summed E-state index contributed by atoms with van der Waals surface area (Å²) in [7, 11) is 1.63. The van der Waals surface area contributed by atoms with E-state index in [1.54, 1.807) is 7.11 Å². The van der Waals surface area contributed by atoms with Crippen LogP contribution in [-0.2, 0) is 14.3 Å². The minimum Gasteiger partial charge on any atom is -0.465 e. The molecule has 0 atom stereocenters. The second-order valence-corrected chi connectivity index (χ2v) is 3.59. The van der Waals surface area contributed by atoms with Crippen LogP contribution in [0.2, 0.25) is 0 Å². The molecule has 0 aliphatic heterocycles. The lowest BCUT2D eigenvalue weighted by atomic mass is 10.2. The van der Waals surface area contributed by atoms with Gasteiger partial charge < -0.3 is 14.8 Å². The van der Waals surface area contributed by atoms with E-state index in [1.165, 1.54) is 0 Å². The molecule has 0 aromatic heterocycles. The fourth-order valence-electron chi connectivity index (χ4n) is 0.903. The number of methoxy groups -OCH3 is 1. The first kappa shape index (κ1) is 13.4. The van der Waals surface area contributed by atoms with Crippen molar-refractivity contribution in [2.45, 2.75) is 20.3 Å². The number of carbonyl (C=O) groups is 1. The molecular formula is C10H21NO3. The Labute approximate surface area is 86.0 Å². The van der Waals surface area contributed by atoms with Crippen LogP contribution in [0.1, 0.15) is 20.3 Å². The minimum absolute atomic E-state index is 0.193. The van der Waals surface area contributed by atoms with E-state index in [0.29, 0.717) is 25.7 Å². The summed E-state index contributed by atoms with van der Waals surface area (Å²) in [5.41, 5.74) is 0. The molecule has 0 heterocycles.